The molecule has 2 atom stereocenters. The summed E-state index contributed by atoms with van der Waals surface area (Å²) >= 11 is 5.90. The predicted octanol–water partition coefficient (Wildman–Crippen LogP) is 4.75. The van der Waals surface area contributed by atoms with E-state index in [4.69, 9.17) is 21.1 Å². The second kappa shape index (κ2) is 9.20. The number of amides is 1. The number of halogens is 1. The lowest BCUT2D eigenvalue weighted by Crippen LogP contribution is -2.36. The van der Waals surface area contributed by atoms with Crippen LogP contribution in [0.25, 0.3) is 0 Å². The maximum atomic E-state index is 12.8. The van der Waals surface area contributed by atoms with Crippen molar-refractivity contribution in [2.45, 2.75) is 12.1 Å². The van der Waals surface area contributed by atoms with Crippen LogP contribution in [0, 0.1) is 0 Å². The van der Waals surface area contributed by atoms with Gasteiger partial charge in [0.1, 0.15) is 23.6 Å². The third-order valence-electron chi connectivity index (χ3n) is 4.93. The Kier molecular flexibility index (Phi) is 6.36. The lowest BCUT2D eigenvalue weighted by Gasteiger charge is -2.25. The molecule has 1 aliphatic heterocycles. The van der Waals surface area contributed by atoms with Crippen molar-refractivity contribution < 1.29 is 22.7 Å². The van der Waals surface area contributed by atoms with Gasteiger partial charge in [-0.25, -0.2) is 17.9 Å². The van der Waals surface area contributed by atoms with Crippen LogP contribution in [-0.4, -0.2) is 33.4 Å². The molecular weight excluding hydrogens is 452 g/mol. The Morgan fingerprint density at radius 2 is 1.56 bits per heavy atom. The summed E-state index contributed by atoms with van der Waals surface area (Å²) in [5.74, 6) is 1.23. The number of carbonyl (C=O) groups excluding carboxylic acids is 1. The molecule has 2 unspecified atom stereocenters. The molecule has 1 aliphatic rings. The Hall–Kier alpha value is -3.07. The quantitative estimate of drug-likeness (QED) is 0.536. The molecule has 0 aliphatic carbocycles. The highest BCUT2D eigenvalue weighted by molar-refractivity contribution is 7.88. The van der Waals surface area contributed by atoms with Crippen molar-refractivity contribution >= 4 is 33.4 Å². The van der Waals surface area contributed by atoms with E-state index in [1.807, 2.05) is 30.3 Å². The van der Waals surface area contributed by atoms with Gasteiger partial charge < -0.3 is 9.47 Å². The van der Waals surface area contributed by atoms with E-state index in [0.717, 1.165) is 11.8 Å². The molecule has 1 saturated heterocycles. The Morgan fingerprint density at radius 3 is 2.16 bits per heavy atom. The van der Waals surface area contributed by atoms with Gasteiger partial charge in [-0.05, 0) is 54.1 Å². The van der Waals surface area contributed by atoms with Crippen molar-refractivity contribution in [1.29, 1.82) is 0 Å². The minimum Gasteiger partial charge on any atom is -0.457 e. The average Bonchev–Trinajstić information content (AvgIpc) is 3.11. The molecule has 4 rings (SSSR count). The summed E-state index contributed by atoms with van der Waals surface area (Å²) in [6.07, 6.45) is -0.173. The lowest BCUT2D eigenvalue weighted by molar-refractivity contribution is 0.134. The van der Waals surface area contributed by atoms with Gasteiger partial charge in [-0.15, -0.1) is 0 Å². The monoisotopic (exact) mass is 472 g/mol. The van der Waals surface area contributed by atoms with Gasteiger partial charge in [0.15, 0.2) is 0 Å². The van der Waals surface area contributed by atoms with E-state index in [1.54, 1.807) is 48.5 Å². The minimum atomic E-state index is -3.44. The van der Waals surface area contributed by atoms with E-state index in [9.17, 15) is 13.2 Å². The predicted molar refractivity (Wildman–Crippen MR) is 123 cm³/mol. The summed E-state index contributed by atoms with van der Waals surface area (Å²) in [6.45, 7) is -0.0294. The number of carbonyl (C=O) groups is 1. The Bertz CT molecular complexity index is 1190. The first-order valence-corrected chi connectivity index (χ1v) is 12.1. The van der Waals surface area contributed by atoms with E-state index in [1.165, 1.54) is 4.90 Å². The van der Waals surface area contributed by atoms with E-state index >= 15 is 0 Å². The Morgan fingerprint density at radius 1 is 0.969 bits per heavy atom. The van der Waals surface area contributed by atoms with Gasteiger partial charge in [0.2, 0.25) is 10.0 Å². The number of nitrogens with one attached hydrogen (secondary N) is 1. The fourth-order valence-corrected chi connectivity index (χ4v) is 4.10. The van der Waals surface area contributed by atoms with Crippen molar-refractivity contribution in [1.82, 2.24) is 4.72 Å². The number of anilines is 1. The number of ether oxygens (including phenoxy) is 2. The summed E-state index contributed by atoms with van der Waals surface area (Å²) in [7, 11) is -3.44. The molecule has 9 heteroatoms. The Balaban J connectivity index is 1.59. The lowest BCUT2D eigenvalue weighted by atomic mass is 10.0. The number of sulfonamides is 1. The van der Waals surface area contributed by atoms with E-state index in [2.05, 4.69) is 4.72 Å². The van der Waals surface area contributed by atoms with Crippen LogP contribution < -0.4 is 14.4 Å². The normalized spacial score (nSPS) is 18.4. The third kappa shape index (κ3) is 5.21. The molecule has 166 valence electrons. The van der Waals surface area contributed by atoms with Crippen LogP contribution in [0.1, 0.15) is 11.6 Å². The molecule has 0 saturated carbocycles. The first-order chi connectivity index (χ1) is 15.3. The smallest absolute Gasteiger partial charge is 0.415 e. The van der Waals surface area contributed by atoms with E-state index in [0.29, 0.717) is 22.2 Å². The van der Waals surface area contributed by atoms with Gasteiger partial charge in [0.25, 0.3) is 0 Å². The highest BCUT2D eigenvalue weighted by Crippen LogP contribution is 2.38. The van der Waals surface area contributed by atoms with Crippen LogP contribution in [0.15, 0.2) is 78.9 Å². The zero-order valence-electron chi connectivity index (χ0n) is 17.1. The average molecular weight is 473 g/mol. The summed E-state index contributed by atoms with van der Waals surface area (Å²) in [5, 5.41) is 0.618. The van der Waals surface area contributed by atoms with Crippen LogP contribution in [0.5, 0.6) is 11.5 Å². The molecule has 1 amide bonds. The van der Waals surface area contributed by atoms with Gasteiger partial charge in [0.05, 0.1) is 12.8 Å². The first kappa shape index (κ1) is 22.1. The summed E-state index contributed by atoms with van der Waals surface area (Å²) in [5.41, 5.74) is 1.44. The van der Waals surface area contributed by atoms with Crippen molar-refractivity contribution in [2.75, 3.05) is 17.7 Å². The highest BCUT2D eigenvalue weighted by atomic mass is 35.5. The number of nitrogens with zero attached hydrogens (tertiary/aromatic N) is 1. The number of hydrogen-bond donors (Lipinski definition) is 1. The molecule has 0 spiro atoms. The van der Waals surface area contributed by atoms with Crippen molar-refractivity contribution in [2.24, 2.45) is 0 Å². The van der Waals surface area contributed by atoms with Gasteiger partial charge in [-0.2, -0.15) is 0 Å². The van der Waals surface area contributed by atoms with E-state index in [-0.39, 0.29) is 6.54 Å². The van der Waals surface area contributed by atoms with Crippen LogP contribution in [0.3, 0.4) is 0 Å². The molecule has 7 nitrogen and oxygen atoms in total. The zero-order chi connectivity index (χ0) is 22.7. The van der Waals surface area contributed by atoms with Crippen molar-refractivity contribution in [3.63, 3.8) is 0 Å². The Labute approximate surface area is 191 Å². The summed E-state index contributed by atoms with van der Waals surface area (Å²) in [6, 6.07) is 22.9. The molecule has 3 aromatic carbocycles. The molecule has 3 aromatic rings. The fraction of sp³-hybridized carbons (Fsp3) is 0.174. The number of benzene rings is 3. The molecular formula is C23H21ClN2O5S. The zero-order valence-corrected chi connectivity index (χ0v) is 18.7. The van der Waals surface area contributed by atoms with Crippen LogP contribution in [0.4, 0.5) is 10.5 Å². The topological polar surface area (TPSA) is 84.9 Å². The van der Waals surface area contributed by atoms with Crippen LogP contribution >= 0.6 is 11.6 Å². The molecule has 0 radical (unpaired) electrons. The number of cyclic esters (lactones) is 1. The second-order valence-electron chi connectivity index (χ2n) is 7.32. The van der Waals surface area contributed by atoms with Gasteiger partial charge >= 0.3 is 6.09 Å². The van der Waals surface area contributed by atoms with Gasteiger partial charge in [-0.3, -0.25) is 4.90 Å². The molecule has 0 bridgehead atoms. The molecule has 1 fully saturated rings. The number of rotatable bonds is 7. The first-order valence-electron chi connectivity index (χ1n) is 9.83. The largest absolute Gasteiger partial charge is 0.457 e. The second-order valence-corrected chi connectivity index (χ2v) is 9.59. The standard InChI is InChI=1S/C23H21ClN2O5S/c1-32(28,29)25-15-21-22(16-5-3-2-4-6-16)26(23(27)31-21)18-9-13-20(14-10-18)30-19-11-7-17(24)8-12-19/h2-14,21-22,25H,15H2,1H3. The minimum absolute atomic E-state index is 0.0294. The van der Waals surface area contributed by atoms with Crippen LogP contribution in [0.2, 0.25) is 5.02 Å². The van der Waals surface area contributed by atoms with Crippen LogP contribution in [-0.2, 0) is 14.8 Å². The van der Waals surface area contributed by atoms with Crippen molar-refractivity contribution in [3.8, 4) is 11.5 Å². The molecule has 32 heavy (non-hydrogen) atoms. The third-order valence-corrected chi connectivity index (χ3v) is 5.87. The molecule has 0 aromatic heterocycles. The maximum Gasteiger partial charge on any atom is 0.415 e. The highest BCUT2D eigenvalue weighted by Gasteiger charge is 2.43. The fourth-order valence-electron chi connectivity index (χ4n) is 3.51. The molecule has 1 N–H and O–H groups in total. The van der Waals surface area contributed by atoms with Gasteiger partial charge in [0, 0.05) is 10.7 Å². The maximum absolute atomic E-state index is 12.8. The number of hydrogen-bond acceptors (Lipinski definition) is 5. The summed E-state index contributed by atoms with van der Waals surface area (Å²) < 4.78 is 37.0. The summed E-state index contributed by atoms with van der Waals surface area (Å²) in [4.78, 5) is 14.3. The van der Waals surface area contributed by atoms with Gasteiger partial charge in [-0.1, -0.05) is 41.9 Å². The van der Waals surface area contributed by atoms with E-state index < -0.39 is 28.3 Å². The molecule has 1 heterocycles. The SMILES string of the molecule is CS(=O)(=O)NCC1OC(=O)N(c2ccc(Oc3ccc(Cl)cc3)cc2)C1c1ccccc1. The van der Waals surface area contributed by atoms with Crippen molar-refractivity contribution in [3.05, 3.63) is 89.4 Å².